The summed E-state index contributed by atoms with van der Waals surface area (Å²) in [6, 6.07) is 6.66. The summed E-state index contributed by atoms with van der Waals surface area (Å²) in [4.78, 5) is 2.30. The van der Waals surface area contributed by atoms with Crippen LogP contribution in [0.2, 0.25) is 0 Å². The first-order valence-electron chi connectivity index (χ1n) is 6.09. The normalized spacial score (nSPS) is 20.4. The average Bonchev–Trinajstić information content (AvgIpc) is 2.84. The minimum atomic E-state index is 0.289. The van der Waals surface area contributed by atoms with Gasteiger partial charge in [0.2, 0.25) is 0 Å². The summed E-state index contributed by atoms with van der Waals surface area (Å²) in [5.41, 5.74) is 8.46. The molecule has 3 rings (SSSR count). The van der Waals surface area contributed by atoms with Gasteiger partial charge in [-0.1, -0.05) is 12.1 Å². The van der Waals surface area contributed by atoms with Crippen LogP contribution in [0.1, 0.15) is 12.0 Å². The Balaban J connectivity index is 2.14. The predicted octanol–water partition coefficient (Wildman–Crippen LogP) is 1.42. The molecule has 0 bridgehead atoms. The summed E-state index contributed by atoms with van der Waals surface area (Å²) in [5.74, 6) is 1.08. The van der Waals surface area contributed by atoms with Gasteiger partial charge in [-0.05, 0) is 25.0 Å². The summed E-state index contributed by atoms with van der Waals surface area (Å²) in [5, 5.41) is 5.89. The van der Waals surface area contributed by atoms with E-state index in [1.807, 2.05) is 11.7 Å². The van der Waals surface area contributed by atoms with Crippen LogP contribution < -0.4 is 10.6 Å². The van der Waals surface area contributed by atoms with E-state index in [4.69, 9.17) is 5.73 Å². The van der Waals surface area contributed by atoms with E-state index in [1.165, 1.54) is 16.5 Å². The van der Waals surface area contributed by atoms with Crippen LogP contribution in [0.25, 0.3) is 10.9 Å². The number of hydrogen-bond donors (Lipinski definition) is 1. The lowest BCUT2D eigenvalue weighted by molar-refractivity contribution is 0.746. The van der Waals surface area contributed by atoms with Gasteiger partial charge in [0.15, 0.2) is 5.82 Å². The van der Waals surface area contributed by atoms with Crippen molar-refractivity contribution in [2.75, 3.05) is 18.0 Å². The molecule has 2 heterocycles. The Kier molecular flexibility index (Phi) is 2.33. The molecule has 0 spiro atoms. The second-order valence-corrected chi connectivity index (χ2v) is 4.91. The van der Waals surface area contributed by atoms with Crippen LogP contribution in [0.4, 0.5) is 5.82 Å². The number of hydrogen-bond acceptors (Lipinski definition) is 3. The summed E-state index contributed by atoms with van der Waals surface area (Å²) in [7, 11) is 2.01. The van der Waals surface area contributed by atoms with E-state index in [9.17, 15) is 0 Å². The minimum absolute atomic E-state index is 0.289. The molecule has 1 aliphatic heterocycles. The highest BCUT2D eigenvalue weighted by Crippen LogP contribution is 2.29. The van der Waals surface area contributed by atoms with Crippen molar-refractivity contribution in [1.29, 1.82) is 0 Å². The number of rotatable bonds is 1. The highest BCUT2D eigenvalue weighted by Gasteiger charge is 2.23. The largest absolute Gasteiger partial charge is 0.353 e. The Morgan fingerprint density at radius 3 is 2.94 bits per heavy atom. The Bertz CT molecular complexity index is 558. The molecular weight excluding hydrogens is 212 g/mol. The smallest absolute Gasteiger partial charge is 0.158 e. The average molecular weight is 230 g/mol. The topological polar surface area (TPSA) is 47.1 Å². The van der Waals surface area contributed by atoms with E-state index in [-0.39, 0.29) is 6.04 Å². The van der Waals surface area contributed by atoms with Crippen LogP contribution in [0.5, 0.6) is 0 Å². The van der Waals surface area contributed by atoms with E-state index < -0.39 is 0 Å². The predicted molar refractivity (Wildman–Crippen MR) is 70.3 cm³/mol. The van der Waals surface area contributed by atoms with E-state index in [1.54, 1.807) is 0 Å². The van der Waals surface area contributed by atoms with Crippen molar-refractivity contribution in [3.05, 3.63) is 23.8 Å². The second-order valence-electron chi connectivity index (χ2n) is 4.91. The van der Waals surface area contributed by atoms with E-state index in [0.29, 0.717) is 0 Å². The van der Waals surface area contributed by atoms with E-state index in [0.717, 1.165) is 25.3 Å². The summed E-state index contributed by atoms with van der Waals surface area (Å²) < 4.78 is 1.98. The van der Waals surface area contributed by atoms with Gasteiger partial charge >= 0.3 is 0 Å². The van der Waals surface area contributed by atoms with Crippen molar-refractivity contribution in [2.45, 2.75) is 19.4 Å². The van der Waals surface area contributed by atoms with Crippen molar-refractivity contribution in [2.24, 2.45) is 12.8 Å². The van der Waals surface area contributed by atoms with Crippen molar-refractivity contribution < 1.29 is 0 Å². The van der Waals surface area contributed by atoms with Crippen molar-refractivity contribution >= 4 is 16.7 Å². The number of nitrogens with two attached hydrogens (primary N) is 1. The number of aromatic nitrogens is 2. The van der Waals surface area contributed by atoms with Gasteiger partial charge in [-0.25, -0.2) is 0 Å². The van der Waals surface area contributed by atoms with Gasteiger partial charge in [0.05, 0.1) is 5.52 Å². The van der Waals surface area contributed by atoms with Crippen molar-refractivity contribution in [3.8, 4) is 0 Å². The second kappa shape index (κ2) is 3.74. The number of nitrogens with zero attached hydrogens (tertiary/aromatic N) is 3. The maximum absolute atomic E-state index is 5.97. The maximum atomic E-state index is 5.97. The zero-order valence-electron chi connectivity index (χ0n) is 10.3. The number of benzene rings is 1. The Morgan fingerprint density at radius 1 is 1.41 bits per heavy atom. The lowest BCUT2D eigenvalue weighted by Gasteiger charge is -2.14. The Labute approximate surface area is 101 Å². The van der Waals surface area contributed by atoms with Crippen LogP contribution in [0.15, 0.2) is 18.2 Å². The highest BCUT2D eigenvalue weighted by atomic mass is 15.4. The molecule has 1 unspecified atom stereocenters. The third kappa shape index (κ3) is 1.60. The third-order valence-electron chi connectivity index (χ3n) is 3.57. The maximum Gasteiger partial charge on any atom is 0.158 e. The van der Waals surface area contributed by atoms with Crippen LogP contribution >= 0.6 is 0 Å². The van der Waals surface area contributed by atoms with E-state index >= 15 is 0 Å². The molecular formula is C13H18N4. The van der Waals surface area contributed by atoms with E-state index in [2.05, 4.69) is 35.1 Å². The van der Waals surface area contributed by atoms with Gasteiger partial charge in [-0.3, -0.25) is 4.68 Å². The molecule has 1 aromatic heterocycles. The molecule has 1 fully saturated rings. The van der Waals surface area contributed by atoms with Crippen LogP contribution in [0.3, 0.4) is 0 Å². The Morgan fingerprint density at radius 2 is 2.24 bits per heavy atom. The quantitative estimate of drug-likeness (QED) is 0.806. The van der Waals surface area contributed by atoms with Crippen LogP contribution in [-0.2, 0) is 7.05 Å². The van der Waals surface area contributed by atoms with Crippen LogP contribution in [0, 0.1) is 6.92 Å². The van der Waals surface area contributed by atoms with Gasteiger partial charge in [-0.2, -0.15) is 5.10 Å². The molecule has 0 amide bonds. The monoisotopic (exact) mass is 230 g/mol. The zero-order valence-corrected chi connectivity index (χ0v) is 10.3. The van der Waals surface area contributed by atoms with Gasteiger partial charge in [-0.15, -0.1) is 0 Å². The van der Waals surface area contributed by atoms with Crippen molar-refractivity contribution in [1.82, 2.24) is 9.78 Å². The molecule has 4 heteroatoms. The zero-order chi connectivity index (χ0) is 12.0. The Hall–Kier alpha value is -1.55. The van der Waals surface area contributed by atoms with Gasteiger partial charge in [0, 0.05) is 31.6 Å². The summed E-state index contributed by atoms with van der Waals surface area (Å²) >= 11 is 0. The van der Waals surface area contributed by atoms with Gasteiger partial charge in [0.25, 0.3) is 0 Å². The molecule has 0 aliphatic carbocycles. The standard InChI is InChI=1S/C13H18N4/c1-9-4-3-5-11-12(9)16(2)15-13(11)17-7-6-10(14)8-17/h3-5,10H,6-8,14H2,1-2H3. The first-order valence-corrected chi connectivity index (χ1v) is 6.09. The van der Waals surface area contributed by atoms with Gasteiger partial charge < -0.3 is 10.6 Å². The molecule has 1 aromatic carbocycles. The number of anilines is 1. The van der Waals surface area contributed by atoms with Crippen LogP contribution in [-0.4, -0.2) is 28.9 Å². The molecule has 4 nitrogen and oxygen atoms in total. The van der Waals surface area contributed by atoms with Gasteiger partial charge in [0.1, 0.15) is 0 Å². The molecule has 0 saturated carbocycles. The molecule has 17 heavy (non-hydrogen) atoms. The molecule has 2 N–H and O–H groups in total. The fourth-order valence-electron chi connectivity index (χ4n) is 2.73. The fraction of sp³-hybridized carbons (Fsp3) is 0.462. The minimum Gasteiger partial charge on any atom is -0.353 e. The molecule has 2 aromatic rings. The fourth-order valence-corrected chi connectivity index (χ4v) is 2.73. The molecule has 90 valence electrons. The summed E-state index contributed by atoms with van der Waals surface area (Å²) in [6.45, 7) is 4.06. The number of fused-ring (bicyclic) bond motifs is 1. The molecule has 1 aliphatic rings. The SMILES string of the molecule is Cc1cccc2c(N3CCC(N)C3)nn(C)c12. The summed E-state index contributed by atoms with van der Waals surface area (Å²) in [6.07, 6.45) is 1.06. The van der Waals surface area contributed by atoms with Crippen molar-refractivity contribution in [3.63, 3.8) is 0 Å². The lowest BCUT2D eigenvalue weighted by Crippen LogP contribution is -2.26. The number of aryl methyl sites for hydroxylation is 2. The molecule has 1 saturated heterocycles. The lowest BCUT2D eigenvalue weighted by atomic mass is 10.1. The highest BCUT2D eigenvalue weighted by molar-refractivity contribution is 5.92. The molecule has 0 radical (unpaired) electrons. The number of para-hydroxylation sites is 1. The third-order valence-corrected chi connectivity index (χ3v) is 3.57. The first kappa shape index (κ1) is 10.6. The first-order chi connectivity index (χ1) is 8.16. The molecule has 1 atom stereocenters.